The van der Waals surface area contributed by atoms with Crippen LogP contribution in [0.4, 0.5) is 31.4 Å². The molecule has 3 N–H and O–H groups in total. The van der Waals surface area contributed by atoms with Crippen LogP contribution < -0.4 is 16.0 Å². The monoisotopic (exact) mass is 433 g/mol. The third kappa shape index (κ3) is 5.04. The molecule has 2 amide bonds. The van der Waals surface area contributed by atoms with Gasteiger partial charge in [-0.2, -0.15) is 0 Å². The fraction of sp³-hybridized carbons (Fsp3) is 0.0870. The predicted molar refractivity (Wildman–Crippen MR) is 124 cm³/mol. The zero-order valence-corrected chi connectivity index (χ0v) is 17.8. The average molecular weight is 434 g/mol. The van der Waals surface area contributed by atoms with Gasteiger partial charge in [0.25, 0.3) is 0 Å². The van der Waals surface area contributed by atoms with Crippen molar-refractivity contribution in [3.05, 3.63) is 83.2 Å². The Morgan fingerprint density at radius 2 is 1.77 bits per heavy atom. The van der Waals surface area contributed by atoms with E-state index in [9.17, 15) is 9.18 Å². The molecule has 0 aliphatic carbocycles. The first kappa shape index (κ1) is 20.5. The molecule has 0 atom stereocenters. The van der Waals surface area contributed by atoms with E-state index in [0.29, 0.717) is 16.9 Å². The van der Waals surface area contributed by atoms with E-state index in [1.165, 1.54) is 23.5 Å². The summed E-state index contributed by atoms with van der Waals surface area (Å²) in [6, 6.07) is 13.4. The summed E-state index contributed by atoms with van der Waals surface area (Å²) in [6.07, 6.45) is 3.50. The van der Waals surface area contributed by atoms with Crippen molar-refractivity contribution >= 4 is 39.6 Å². The number of aryl methyl sites for hydroxylation is 2. The maximum Gasteiger partial charge on any atom is 0.323 e. The van der Waals surface area contributed by atoms with Crippen LogP contribution in [0.2, 0.25) is 0 Å². The quantitative estimate of drug-likeness (QED) is 0.343. The lowest BCUT2D eigenvalue weighted by Gasteiger charge is -2.12. The maximum absolute atomic E-state index is 13.4. The number of carbonyl (C=O) groups excluding carboxylic acids is 1. The number of nitrogens with one attached hydrogen (secondary N) is 3. The first-order valence-electron chi connectivity index (χ1n) is 9.56. The van der Waals surface area contributed by atoms with E-state index in [-0.39, 0.29) is 5.82 Å². The number of nitrogens with zero attached hydrogens (tertiary/aromatic N) is 2. The SMILES string of the molecule is Cc1cc(NC(=O)Nc2ccc(C)c(Nc3nc(-c4cccnc4)cs3)c2)ccc1F. The molecule has 4 aromatic rings. The number of amides is 2. The standard InChI is InChI=1S/C23H20FN5OS/c1-14-5-6-18(27-22(30)26-17-7-8-19(24)15(2)10-17)11-20(14)28-23-29-21(13-31-23)16-4-3-9-25-12-16/h3-13H,1-2H3,(H,28,29)(H2,26,27,30). The number of urea groups is 1. The second-order valence-corrected chi connectivity index (χ2v) is 7.84. The molecule has 0 unspecified atom stereocenters. The van der Waals surface area contributed by atoms with Crippen molar-refractivity contribution in [1.29, 1.82) is 0 Å². The average Bonchev–Trinajstić information content (AvgIpc) is 3.22. The fourth-order valence-electron chi connectivity index (χ4n) is 2.94. The van der Waals surface area contributed by atoms with Crippen LogP contribution in [0.5, 0.6) is 0 Å². The van der Waals surface area contributed by atoms with Crippen molar-refractivity contribution in [3.8, 4) is 11.3 Å². The summed E-state index contributed by atoms with van der Waals surface area (Å²) in [6.45, 7) is 3.62. The lowest BCUT2D eigenvalue weighted by Crippen LogP contribution is -2.19. The molecular weight excluding hydrogens is 413 g/mol. The molecule has 0 saturated heterocycles. The Bertz CT molecular complexity index is 1230. The molecule has 0 bridgehead atoms. The van der Waals surface area contributed by atoms with E-state index in [1.807, 2.05) is 42.6 Å². The van der Waals surface area contributed by atoms with Gasteiger partial charge in [-0.3, -0.25) is 4.98 Å². The number of hydrogen-bond acceptors (Lipinski definition) is 5. The Kier molecular flexibility index (Phi) is 5.90. The summed E-state index contributed by atoms with van der Waals surface area (Å²) in [5.41, 5.74) is 5.25. The number of hydrogen-bond donors (Lipinski definition) is 3. The van der Waals surface area contributed by atoms with Gasteiger partial charge in [0, 0.05) is 40.4 Å². The van der Waals surface area contributed by atoms with Gasteiger partial charge in [0.2, 0.25) is 0 Å². The molecule has 6 nitrogen and oxygen atoms in total. The minimum absolute atomic E-state index is 0.311. The zero-order chi connectivity index (χ0) is 21.8. The molecule has 2 aromatic carbocycles. The number of carbonyl (C=O) groups is 1. The Morgan fingerprint density at radius 3 is 2.52 bits per heavy atom. The van der Waals surface area contributed by atoms with E-state index >= 15 is 0 Å². The molecule has 8 heteroatoms. The van der Waals surface area contributed by atoms with E-state index < -0.39 is 6.03 Å². The van der Waals surface area contributed by atoms with Crippen molar-refractivity contribution in [2.45, 2.75) is 13.8 Å². The number of rotatable bonds is 5. The highest BCUT2D eigenvalue weighted by molar-refractivity contribution is 7.14. The molecular formula is C23H20FN5OS. The normalized spacial score (nSPS) is 10.5. The third-order valence-electron chi connectivity index (χ3n) is 4.61. The summed E-state index contributed by atoms with van der Waals surface area (Å²) in [5, 5.41) is 11.5. The van der Waals surface area contributed by atoms with E-state index in [0.717, 1.165) is 27.6 Å². The second kappa shape index (κ2) is 8.93. The second-order valence-electron chi connectivity index (χ2n) is 6.98. The number of halogens is 1. The highest BCUT2D eigenvalue weighted by atomic mass is 32.1. The van der Waals surface area contributed by atoms with Gasteiger partial charge in [-0.25, -0.2) is 14.2 Å². The molecule has 31 heavy (non-hydrogen) atoms. The van der Waals surface area contributed by atoms with E-state index in [4.69, 9.17) is 0 Å². The summed E-state index contributed by atoms with van der Waals surface area (Å²) in [7, 11) is 0. The molecule has 0 spiro atoms. The van der Waals surface area contributed by atoms with Crippen LogP contribution in [0.3, 0.4) is 0 Å². The highest BCUT2D eigenvalue weighted by Crippen LogP contribution is 2.29. The van der Waals surface area contributed by atoms with Crippen molar-refractivity contribution in [2.24, 2.45) is 0 Å². The largest absolute Gasteiger partial charge is 0.331 e. The van der Waals surface area contributed by atoms with E-state index in [2.05, 4.69) is 25.9 Å². The minimum atomic E-state index is -0.408. The van der Waals surface area contributed by atoms with Gasteiger partial charge >= 0.3 is 6.03 Å². The van der Waals surface area contributed by atoms with Gasteiger partial charge in [0.1, 0.15) is 5.82 Å². The Balaban J connectivity index is 1.45. The molecule has 4 rings (SSSR count). The topological polar surface area (TPSA) is 78.9 Å². The zero-order valence-electron chi connectivity index (χ0n) is 16.9. The fourth-order valence-corrected chi connectivity index (χ4v) is 3.68. The van der Waals surface area contributed by atoms with Gasteiger partial charge < -0.3 is 16.0 Å². The van der Waals surface area contributed by atoms with Crippen LogP contribution in [0, 0.1) is 19.7 Å². The predicted octanol–water partition coefficient (Wildman–Crippen LogP) is 6.35. The minimum Gasteiger partial charge on any atom is -0.331 e. The first-order valence-corrected chi connectivity index (χ1v) is 10.4. The molecule has 0 fully saturated rings. The van der Waals surface area contributed by atoms with Gasteiger partial charge in [0.15, 0.2) is 5.13 Å². The van der Waals surface area contributed by atoms with Crippen molar-refractivity contribution in [2.75, 3.05) is 16.0 Å². The highest BCUT2D eigenvalue weighted by Gasteiger charge is 2.09. The number of aromatic nitrogens is 2. The number of pyridine rings is 1. The molecule has 0 aliphatic heterocycles. The Morgan fingerprint density at radius 1 is 1.00 bits per heavy atom. The third-order valence-corrected chi connectivity index (χ3v) is 5.37. The van der Waals surface area contributed by atoms with Gasteiger partial charge in [-0.05, 0) is 67.4 Å². The summed E-state index contributed by atoms with van der Waals surface area (Å²) in [5.74, 6) is -0.311. The molecule has 0 saturated carbocycles. The van der Waals surface area contributed by atoms with Crippen molar-refractivity contribution in [3.63, 3.8) is 0 Å². The molecule has 156 valence electrons. The number of benzene rings is 2. The molecule has 2 aromatic heterocycles. The lowest BCUT2D eigenvalue weighted by molar-refractivity contribution is 0.262. The van der Waals surface area contributed by atoms with Crippen LogP contribution in [0.25, 0.3) is 11.3 Å². The van der Waals surface area contributed by atoms with Crippen LogP contribution in [0.1, 0.15) is 11.1 Å². The number of anilines is 4. The molecule has 2 heterocycles. The van der Waals surface area contributed by atoms with Gasteiger partial charge in [0.05, 0.1) is 5.69 Å². The molecule has 0 radical (unpaired) electrons. The van der Waals surface area contributed by atoms with E-state index in [1.54, 1.807) is 25.4 Å². The van der Waals surface area contributed by atoms with Crippen LogP contribution in [-0.4, -0.2) is 16.0 Å². The van der Waals surface area contributed by atoms with Gasteiger partial charge in [-0.15, -0.1) is 11.3 Å². The van der Waals surface area contributed by atoms with Crippen LogP contribution in [-0.2, 0) is 0 Å². The molecule has 0 aliphatic rings. The summed E-state index contributed by atoms with van der Waals surface area (Å²) < 4.78 is 13.4. The first-order chi connectivity index (χ1) is 15.0. The number of thiazole rings is 1. The summed E-state index contributed by atoms with van der Waals surface area (Å²) in [4.78, 5) is 21.1. The van der Waals surface area contributed by atoms with Crippen molar-refractivity contribution in [1.82, 2.24) is 9.97 Å². The van der Waals surface area contributed by atoms with Crippen molar-refractivity contribution < 1.29 is 9.18 Å². The Labute approximate surface area is 183 Å². The van der Waals surface area contributed by atoms with Crippen LogP contribution in [0.15, 0.2) is 66.3 Å². The van der Waals surface area contributed by atoms with Crippen LogP contribution >= 0.6 is 11.3 Å². The lowest BCUT2D eigenvalue weighted by atomic mass is 10.2. The maximum atomic E-state index is 13.4. The smallest absolute Gasteiger partial charge is 0.323 e. The Hall–Kier alpha value is -3.78. The van der Waals surface area contributed by atoms with Gasteiger partial charge in [-0.1, -0.05) is 6.07 Å². The summed E-state index contributed by atoms with van der Waals surface area (Å²) >= 11 is 1.49.